The molecule has 0 N–H and O–H groups in total. The number of ketones is 1. The molecule has 22 heavy (non-hydrogen) atoms. The Balaban J connectivity index is 2.15. The minimum Gasteiger partial charge on any atom is -0.295 e. The van der Waals surface area contributed by atoms with E-state index in [0.717, 1.165) is 12.0 Å². The number of benzene rings is 1. The van der Waals surface area contributed by atoms with Gasteiger partial charge >= 0.3 is 0 Å². The highest BCUT2D eigenvalue weighted by atomic mass is 16.1. The van der Waals surface area contributed by atoms with E-state index in [1.54, 1.807) is 13.0 Å². The predicted octanol–water partition coefficient (Wildman–Crippen LogP) is 5.44. The zero-order valence-electron chi connectivity index (χ0n) is 13.7. The van der Waals surface area contributed by atoms with Crippen molar-refractivity contribution in [1.82, 2.24) is 0 Å². The molecule has 0 saturated carbocycles. The number of aryl methyl sites for hydroxylation is 1. The summed E-state index contributed by atoms with van der Waals surface area (Å²) in [5.74, 6) is 0.0868. The summed E-state index contributed by atoms with van der Waals surface area (Å²) in [5.41, 5.74) is 6.51. The summed E-state index contributed by atoms with van der Waals surface area (Å²) in [4.78, 5) is 11.0. The lowest BCUT2D eigenvalue weighted by Crippen LogP contribution is -2.01. The largest absolute Gasteiger partial charge is 0.295 e. The highest BCUT2D eigenvalue weighted by Gasteiger charge is 2.12. The molecule has 1 aliphatic carbocycles. The molecule has 0 spiro atoms. The van der Waals surface area contributed by atoms with Crippen molar-refractivity contribution in [2.75, 3.05) is 0 Å². The minimum atomic E-state index is 0.0868. The molecule has 0 unspecified atom stereocenters. The first-order valence-electron chi connectivity index (χ1n) is 7.89. The van der Waals surface area contributed by atoms with Gasteiger partial charge in [-0.1, -0.05) is 54.1 Å². The van der Waals surface area contributed by atoms with Crippen LogP contribution in [-0.4, -0.2) is 5.78 Å². The molecule has 1 heteroatoms. The Labute approximate surface area is 133 Å². The van der Waals surface area contributed by atoms with E-state index >= 15 is 0 Å². The molecule has 0 aliphatic heterocycles. The van der Waals surface area contributed by atoms with E-state index in [0.29, 0.717) is 0 Å². The molecule has 0 saturated heterocycles. The number of hydrogen-bond acceptors (Lipinski definition) is 1. The van der Waals surface area contributed by atoms with Gasteiger partial charge in [-0.25, -0.2) is 0 Å². The average Bonchev–Trinajstić information content (AvgIpc) is 2.47. The second-order valence-electron chi connectivity index (χ2n) is 5.95. The highest BCUT2D eigenvalue weighted by molar-refractivity contribution is 5.88. The molecular formula is C21H24O. The third kappa shape index (κ3) is 4.70. The van der Waals surface area contributed by atoms with Crippen molar-refractivity contribution in [2.45, 2.75) is 40.0 Å². The molecule has 0 amide bonds. The molecule has 0 radical (unpaired) electrons. The first-order valence-corrected chi connectivity index (χ1v) is 7.89. The van der Waals surface area contributed by atoms with Gasteiger partial charge in [-0.3, -0.25) is 4.79 Å². The normalized spacial score (nSPS) is 17.9. The van der Waals surface area contributed by atoms with E-state index in [9.17, 15) is 4.79 Å². The van der Waals surface area contributed by atoms with Crippen LogP contribution in [0.25, 0.3) is 5.57 Å². The molecule has 1 nitrogen and oxygen atoms in total. The summed E-state index contributed by atoms with van der Waals surface area (Å²) in [6, 6.07) is 8.70. The SMILES string of the molecule is CC(=O)\C=C(C)/C=C/C=C(C)\C=C1/CCCc2ccccc21. The van der Waals surface area contributed by atoms with E-state index in [4.69, 9.17) is 0 Å². The molecule has 114 valence electrons. The van der Waals surface area contributed by atoms with Gasteiger partial charge in [0.1, 0.15) is 0 Å². The Bertz CT molecular complexity index is 669. The third-order valence-electron chi connectivity index (χ3n) is 3.81. The fourth-order valence-corrected chi connectivity index (χ4v) is 2.85. The number of carbonyl (C=O) groups is 1. The van der Waals surface area contributed by atoms with Gasteiger partial charge in [-0.2, -0.15) is 0 Å². The lowest BCUT2D eigenvalue weighted by molar-refractivity contribution is -0.112. The van der Waals surface area contributed by atoms with E-state index in [1.807, 2.05) is 19.1 Å². The maximum Gasteiger partial charge on any atom is 0.152 e. The standard InChI is InChI=1S/C21H24O/c1-16(14-18(3)22)8-6-9-17(2)15-20-12-7-11-19-10-4-5-13-21(19)20/h4-6,8-10,13-15H,7,11-12H2,1-3H3/b8-6+,16-14-,17-9-,20-15+. The Morgan fingerprint density at radius 2 is 1.82 bits per heavy atom. The van der Waals surface area contributed by atoms with Crippen LogP contribution in [0.5, 0.6) is 0 Å². The lowest BCUT2D eigenvalue weighted by atomic mass is 9.86. The smallest absolute Gasteiger partial charge is 0.152 e. The average molecular weight is 292 g/mol. The topological polar surface area (TPSA) is 17.1 Å². The lowest BCUT2D eigenvalue weighted by Gasteiger charge is -2.18. The number of fused-ring (bicyclic) bond motifs is 1. The molecule has 1 aliphatic rings. The van der Waals surface area contributed by atoms with Crippen molar-refractivity contribution < 1.29 is 4.79 Å². The van der Waals surface area contributed by atoms with Crippen LogP contribution in [0.15, 0.2) is 65.8 Å². The molecule has 0 atom stereocenters. The molecule has 0 aromatic heterocycles. The van der Waals surface area contributed by atoms with Gasteiger partial charge in [0, 0.05) is 0 Å². The van der Waals surface area contributed by atoms with Crippen LogP contribution in [0.4, 0.5) is 0 Å². The number of rotatable bonds is 4. The van der Waals surface area contributed by atoms with Gasteiger partial charge in [-0.05, 0) is 68.4 Å². The van der Waals surface area contributed by atoms with E-state index in [-0.39, 0.29) is 5.78 Å². The summed E-state index contributed by atoms with van der Waals surface area (Å²) in [6.45, 7) is 5.64. The van der Waals surface area contributed by atoms with Crippen molar-refractivity contribution in [2.24, 2.45) is 0 Å². The maximum atomic E-state index is 11.0. The van der Waals surface area contributed by atoms with Crippen LogP contribution in [0.1, 0.15) is 44.7 Å². The van der Waals surface area contributed by atoms with Crippen molar-refractivity contribution >= 4 is 11.4 Å². The van der Waals surface area contributed by atoms with Gasteiger partial charge in [-0.15, -0.1) is 0 Å². The number of hydrogen-bond donors (Lipinski definition) is 0. The van der Waals surface area contributed by atoms with E-state index in [2.05, 4.69) is 43.3 Å². The fraction of sp³-hybridized carbons (Fsp3) is 0.286. The summed E-state index contributed by atoms with van der Waals surface area (Å²) in [7, 11) is 0. The van der Waals surface area contributed by atoms with Crippen LogP contribution in [0.2, 0.25) is 0 Å². The zero-order valence-corrected chi connectivity index (χ0v) is 13.7. The van der Waals surface area contributed by atoms with Crippen molar-refractivity contribution in [3.8, 4) is 0 Å². The van der Waals surface area contributed by atoms with Crippen LogP contribution in [0, 0.1) is 0 Å². The van der Waals surface area contributed by atoms with Gasteiger partial charge in [0.05, 0.1) is 0 Å². The molecule has 2 rings (SSSR count). The monoisotopic (exact) mass is 292 g/mol. The molecular weight excluding hydrogens is 268 g/mol. The zero-order chi connectivity index (χ0) is 15.9. The predicted molar refractivity (Wildman–Crippen MR) is 94.7 cm³/mol. The van der Waals surface area contributed by atoms with Crippen LogP contribution < -0.4 is 0 Å². The van der Waals surface area contributed by atoms with Crippen molar-refractivity contribution in [3.63, 3.8) is 0 Å². The minimum absolute atomic E-state index is 0.0868. The molecule has 0 bridgehead atoms. The Hall–Kier alpha value is -2.15. The Morgan fingerprint density at radius 3 is 2.59 bits per heavy atom. The van der Waals surface area contributed by atoms with Gasteiger partial charge < -0.3 is 0 Å². The second-order valence-corrected chi connectivity index (χ2v) is 5.95. The van der Waals surface area contributed by atoms with Gasteiger partial charge in [0.2, 0.25) is 0 Å². The summed E-state index contributed by atoms with van der Waals surface area (Å²) < 4.78 is 0. The first-order chi connectivity index (χ1) is 10.6. The number of allylic oxidation sites excluding steroid dienone is 8. The molecule has 1 aromatic carbocycles. The van der Waals surface area contributed by atoms with Crippen LogP contribution >= 0.6 is 0 Å². The van der Waals surface area contributed by atoms with Crippen molar-refractivity contribution in [1.29, 1.82) is 0 Å². The molecule has 1 aromatic rings. The molecule has 0 heterocycles. The van der Waals surface area contributed by atoms with Crippen molar-refractivity contribution in [3.05, 3.63) is 76.9 Å². The Morgan fingerprint density at radius 1 is 1.05 bits per heavy atom. The summed E-state index contributed by atoms with van der Waals surface area (Å²) >= 11 is 0. The highest BCUT2D eigenvalue weighted by Crippen LogP contribution is 2.31. The van der Waals surface area contributed by atoms with Gasteiger partial charge in [0.25, 0.3) is 0 Å². The molecule has 0 fully saturated rings. The third-order valence-corrected chi connectivity index (χ3v) is 3.81. The fourth-order valence-electron chi connectivity index (χ4n) is 2.85. The van der Waals surface area contributed by atoms with E-state index in [1.165, 1.54) is 35.1 Å². The second kappa shape index (κ2) is 7.74. The quantitative estimate of drug-likeness (QED) is 0.533. The maximum absolute atomic E-state index is 11.0. The first kappa shape index (κ1) is 16.2. The number of carbonyl (C=O) groups excluding carboxylic acids is 1. The summed E-state index contributed by atoms with van der Waals surface area (Å²) in [6.07, 6.45) is 13.6. The van der Waals surface area contributed by atoms with Crippen LogP contribution in [0.3, 0.4) is 0 Å². The summed E-state index contributed by atoms with van der Waals surface area (Å²) in [5, 5.41) is 0. The van der Waals surface area contributed by atoms with Crippen LogP contribution in [-0.2, 0) is 11.2 Å². The Kier molecular flexibility index (Phi) is 5.71. The van der Waals surface area contributed by atoms with E-state index < -0.39 is 0 Å². The van der Waals surface area contributed by atoms with Gasteiger partial charge in [0.15, 0.2) is 5.78 Å².